The molecule has 1 saturated carbocycles. The molecule has 0 spiro atoms. The summed E-state index contributed by atoms with van der Waals surface area (Å²) in [6, 6.07) is 0.204. The molecule has 18 heavy (non-hydrogen) atoms. The minimum Gasteiger partial charge on any atom is -0.498 e. The summed E-state index contributed by atoms with van der Waals surface area (Å²) in [5, 5.41) is 2.94. The maximum absolute atomic E-state index is 12.1. The second kappa shape index (κ2) is 7.19. The van der Waals surface area contributed by atoms with Gasteiger partial charge in [-0.05, 0) is 33.6 Å². The van der Waals surface area contributed by atoms with Crippen LogP contribution < -0.4 is 5.32 Å². The molecule has 4 nitrogen and oxygen atoms in total. The van der Waals surface area contributed by atoms with Crippen LogP contribution in [0.2, 0.25) is 0 Å². The zero-order valence-electron chi connectivity index (χ0n) is 11.5. The van der Waals surface area contributed by atoms with Gasteiger partial charge in [-0.15, -0.1) is 0 Å². The van der Waals surface area contributed by atoms with Crippen molar-refractivity contribution >= 4 is 11.7 Å². The molecule has 0 aromatic rings. The number of carbonyl (C=O) groups excluding carboxylic acids is 2. The van der Waals surface area contributed by atoms with Crippen LogP contribution in [0.3, 0.4) is 0 Å². The van der Waals surface area contributed by atoms with Gasteiger partial charge in [0.25, 0.3) is 5.91 Å². The molecule has 0 bridgehead atoms. The molecule has 0 aromatic carbocycles. The van der Waals surface area contributed by atoms with Gasteiger partial charge in [0.05, 0.1) is 6.61 Å². The van der Waals surface area contributed by atoms with Crippen LogP contribution in [0.1, 0.15) is 52.9 Å². The Morgan fingerprint density at radius 2 is 1.78 bits per heavy atom. The fourth-order valence-electron chi connectivity index (χ4n) is 2.36. The normalized spacial score (nSPS) is 17.9. The number of Topliss-reactive ketones (excluding diaryl/α,β-unsaturated/α-hetero) is 1. The SMILES string of the molecule is CCO/C(C)=C(\C(C)=O)C(=O)NC1CCCCC1. The van der Waals surface area contributed by atoms with E-state index in [1.165, 1.54) is 13.3 Å². The maximum atomic E-state index is 12.1. The van der Waals surface area contributed by atoms with E-state index in [4.69, 9.17) is 4.74 Å². The van der Waals surface area contributed by atoms with E-state index in [2.05, 4.69) is 5.32 Å². The van der Waals surface area contributed by atoms with Gasteiger partial charge in [-0.25, -0.2) is 0 Å². The smallest absolute Gasteiger partial charge is 0.258 e. The predicted molar refractivity (Wildman–Crippen MR) is 70.0 cm³/mol. The van der Waals surface area contributed by atoms with E-state index in [0.29, 0.717) is 12.4 Å². The first-order chi connectivity index (χ1) is 8.56. The van der Waals surface area contributed by atoms with E-state index in [9.17, 15) is 9.59 Å². The Balaban J connectivity index is 2.70. The number of ether oxygens (including phenoxy) is 1. The molecular weight excluding hydrogens is 230 g/mol. The van der Waals surface area contributed by atoms with Gasteiger partial charge in [-0.2, -0.15) is 0 Å². The van der Waals surface area contributed by atoms with Gasteiger partial charge in [0.15, 0.2) is 5.78 Å². The quantitative estimate of drug-likeness (QED) is 0.354. The molecule has 0 saturated heterocycles. The van der Waals surface area contributed by atoms with Crippen LogP contribution in [-0.2, 0) is 14.3 Å². The van der Waals surface area contributed by atoms with E-state index in [1.807, 2.05) is 6.92 Å². The molecule has 4 heteroatoms. The van der Waals surface area contributed by atoms with Crippen LogP contribution in [0.15, 0.2) is 11.3 Å². The van der Waals surface area contributed by atoms with Crippen molar-refractivity contribution in [2.24, 2.45) is 0 Å². The topological polar surface area (TPSA) is 55.4 Å². The molecule has 1 aliphatic rings. The van der Waals surface area contributed by atoms with Gasteiger partial charge in [-0.3, -0.25) is 9.59 Å². The van der Waals surface area contributed by atoms with Gasteiger partial charge >= 0.3 is 0 Å². The number of rotatable bonds is 5. The second-order valence-electron chi connectivity index (χ2n) is 4.73. The summed E-state index contributed by atoms with van der Waals surface area (Å²) in [5.74, 6) is -0.118. The summed E-state index contributed by atoms with van der Waals surface area (Å²) in [4.78, 5) is 23.6. The zero-order chi connectivity index (χ0) is 13.5. The van der Waals surface area contributed by atoms with Crippen molar-refractivity contribution in [3.63, 3.8) is 0 Å². The lowest BCUT2D eigenvalue weighted by molar-refractivity contribution is -0.122. The summed E-state index contributed by atoms with van der Waals surface area (Å²) >= 11 is 0. The summed E-state index contributed by atoms with van der Waals surface area (Å²) in [5.41, 5.74) is 0.155. The largest absolute Gasteiger partial charge is 0.498 e. The summed E-state index contributed by atoms with van der Waals surface area (Å²) in [6.07, 6.45) is 5.54. The zero-order valence-corrected chi connectivity index (χ0v) is 11.5. The van der Waals surface area contributed by atoms with E-state index in [0.717, 1.165) is 25.7 Å². The lowest BCUT2D eigenvalue weighted by Crippen LogP contribution is -2.38. The van der Waals surface area contributed by atoms with E-state index >= 15 is 0 Å². The van der Waals surface area contributed by atoms with Crippen molar-refractivity contribution in [3.05, 3.63) is 11.3 Å². The van der Waals surface area contributed by atoms with Crippen molar-refractivity contribution in [1.29, 1.82) is 0 Å². The molecule has 1 rings (SSSR count). The second-order valence-corrected chi connectivity index (χ2v) is 4.73. The molecule has 0 unspecified atom stereocenters. The minimum atomic E-state index is -0.291. The van der Waals surface area contributed by atoms with E-state index < -0.39 is 0 Å². The Bertz CT molecular complexity index is 341. The Labute approximate surface area is 109 Å². The van der Waals surface area contributed by atoms with Gasteiger partial charge in [0, 0.05) is 6.04 Å². The number of hydrogen-bond donors (Lipinski definition) is 1. The average molecular weight is 253 g/mol. The van der Waals surface area contributed by atoms with Gasteiger partial charge < -0.3 is 10.1 Å². The maximum Gasteiger partial charge on any atom is 0.258 e. The minimum absolute atomic E-state index is 0.155. The highest BCUT2D eigenvalue weighted by atomic mass is 16.5. The number of hydrogen-bond acceptors (Lipinski definition) is 3. The highest BCUT2D eigenvalue weighted by molar-refractivity contribution is 6.18. The first-order valence-corrected chi connectivity index (χ1v) is 6.71. The number of nitrogens with one attached hydrogen (secondary N) is 1. The van der Waals surface area contributed by atoms with E-state index in [1.54, 1.807) is 6.92 Å². The number of carbonyl (C=O) groups is 2. The Kier molecular flexibility index (Phi) is 5.89. The van der Waals surface area contributed by atoms with Gasteiger partial charge in [0.2, 0.25) is 0 Å². The number of ketones is 1. The summed E-state index contributed by atoms with van der Waals surface area (Å²) < 4.78 is 5.27. The third kappa shape index (κ3) is 4.17. The van der Waals surface area contributed by atoms with Crippen molar-refractivity contribution in [2.45, 2.75) is 58.9 Å². The number of amides is 1. The number of allylic oxidation sites excluding steroid dienone is 1. The molecule has 0 aromatic heterocycles. The summed E-state index contributed by atoms with van der Waals surface area (Å²) in [7, 11) is 0. The molecule has 1 N–H and O–H groups in total. The monoisotopic (exact) mass is 253 g/mol. The highest BCUT2D eigenvalue weighted by Gasteiger charge is 2.22. The van der Waals surface area contributed by atoms with Crippen molar-refractivity contribution in [2.75, 3.05) is 6.61 Å². The highest BCUT2D eigenvalue weighted by Crippen LogP contribution is 2.18. The summed E-state index contributed by atoms with van der Waals surface area (Å²) in [6.45, 7) is 5.36. The molecule has 1 aliphatic carbocycles. The standard InChI is InChI=1S/C14H23NO3/c1-4-18-11(3)13(10(2)16)14(17)15-12-8-6-5-7-9-12/h12H,4-9H2,1-3H3,(H,15,17)/b13-11+. The molecule has 0 atom stereocenters. The molecule has 1 fully saturated rings. The molecule has 0 aliphatic heterocycles. The van der Waals surface area contributed by atoms with Crippen LogP contribution >= 0.6 is 0 Å². The first kappa shape index (κ1) is 14.7. The Hall–Kier alpha value is -1.32. The molecular formula is C14H23NO3. The molecule has 102 valence electrons. The average Bonchev–Trinajstić information content (AvgIpc) is 2.30. The van der Waals surface area contributed by atoms with Crippen molar-refractivity contribution < 1.29 is 14.3 Å². The van der Waals surface area contributed by atoms with E-state index in [-0.39, 0.29) is 23.3 Å². The van der Waals surface area contributed by atoms with Crippen LogP contribution in [0.25, 0.3) is 0 Å². The molecule has 0 heterocycles. The first-order valence-electron chi connectivity index (χ1n) is 6.71. The Morgan fingerprint density at radius 3 is 2.28 bits per heavy atom. The predicted octanol–water partition coefficient (Wildman–Crippen LogP) is 2.33. The third-order valence-corrected chi connectivity index (χ3v) is 3.23. The van der Waals surface area contributed by atoms with Crippen LogP contribution in [0.5, 0.6) is 0 Å². The van der Waals surface area contributed by atoms with Crippen LogP contribution in [0, 0.1) is 0 Å². The molecule has 0 radical (unpaired) electrons. The van der Waals surface area contributed by atoms with Crippen LogP contribution in [-0.4, -0.2) is 24.3 Å². The van der Waals surface area contributed by atoms with Gasteiger partial charge in [-0.1, -0.05) is 19.3 Å². The molecule has 1 amide bonds. The fraction of sp³-hybridized carbons (Fsp3) is 0.714. The lowest BCUT2D eigenvalue weighted by Gasteiger charge is -2.23. The lowest BCUT2D eigenvalue weighted by atomic mass is 9.95. The third-order valence-electron chi connectivity index (χ3n) is 3.23. The van der Waals surface area contributed by atoms with Crippen molar-refractivity contribution in [1.82, 2.24) is 5.32 Å². The Morgan fingerprint density at radius 1 is 1.17 bits per heavy atom. The van der Waals surface area contributed by atoms with Crippen LogP contribution in [0.4, 0.5) is 0 Å². The van der Waals surface area contributed by atoms with Crippen molar-refractivity contribution in [3.8, 4) is 0 Å². The fourth-order valence-corrected chi connectivity index (χ4v) is 2.36. The van der Waals surface area contributed by atoms with Gasteiger partial charge in [0.1, 0.15) is 11.3 Å².